The second-order valence-electron chi connectivity index (χ2n) is 11.5. The van der Waals surface area contributed by atoms with Gasteiger partial charge in [0.15, 0.2) is 5.78 Å². The zero-order valence-corrected chi connectivity index (χ0v) is 34.7. The van der Waals surface area contributed by atoms with E-state index >= 15 is 0 Å². The van der Waals surface area contributed by atoms with Crippen LogP contribution < -0.4 is 12.3 Å². The molecule has 0 amide bonds. The molecular formula is C48H58N4O9. The van der Waals surface area contributed by atoms with Crippen LogP contribution in [0.5, 0.6) is 0 Å². The molecule has 0 unspecified atom stereocenters. The molecule has 0 spiro atoms. The second kappa shape index (κ2) is 36.6. The van der Waals surface area contributed by atoms with Gasteiger partial charge in [-0.15, -0.1) is 0 Å². The third-order valence-corrected chi connectivity index (χ3v) is 6.72. The summed E-state index contributed by atoms with van der Waals surface area (Å²) in [5.74, 6) is -1.54. The van der Waals surface area contributed by atoms with Gasteiger partial charge in [0.05, 0.1) is 5.69 Å². The van der Waals surface area contributed by atoms with Crippen molar-refractivity contribution in [1.82, 2.24) is 22.3 Å². The summed E-state index contributed by atoms with van der Waals surface area (Å²) in [7, 11) is 0. The van der Waals surface area contributed by atoms with E-state index in [1.54, 1.807) is 30.3 Å². The third kappa shape index (κ3) is 28.4. The molecular weight excluding hydrogens is 777 g/mol. The molecule has 1 heterocycles. The molecule has 0 radical (unpaired) electrons. The molecule has 7 aromatic rings. The number of ketones is 2. The summed E-state index contributed by atoms with van der Waals surface area (Å²) in [6.07, 6.45) is 1.00. The highest BCUT2D eigenvalue weighted by molar-refractivity contribution is 6.42. The van der Waals surface area contributed by atoms with Gasteiger partial charge < -0.3 is 32.3 Å². The SMILES string of the molecule is C.CC(=O)C(=O)c1ccccc1.CC(=O)O.CC(=O)O.CC=O.Cc1nc(-c2ccccc2)c(C)[nH]1.N.N.O=C=O.c1ccc2ccccc2c1.c1ccc2ccccc2c1. The standard InChI is InChI=1S/C11H12N2.2C10H8.C9H8O2.2C2H4O2.C2H4O.CO2.CH4.2H3N/c1-8-11(13-9(2)12-8)10-6-4-3-5-7-10;2*1-2-6-10-8-4-3-7-9(10)5-1;1-7(10)9(11)8-5-3-2-4-6-8;2*1-2(3)4;1-2-3;2-1-3;;;/h3-7H,1-2H3,(H,12,13);2*1-8H;2-6H,1H3;2*1H3,(H,3,4);2H,1H3;;1H4;2*1H3. The topological polar surface area (TPSA) is 259 Å². The molecule has 0 aliphatic carbocycles. The van der Waals surface area contributed by atoms with Crippen molar-refractivity contribution in [2.45, 2.75) is 49.0 Å². The number of nitrogens with zero attached hydrogens (tertiary/aromatic N) is 1. The maximum atomic E-state index is 11.0. The van der Waals surface area contributed by atoms with Crippen LogP contribution in [0.4, 0.5) is 0 Å². The number of carbonyl (C=O) groups excluding carboxylic acids is 5. The summed E-state index contributed by atoms with van der Waals surface area (Å²) >= 11 is 0. The number of H-pyrrole nitrogens is 1. The third-order valence-electron chi connectivity index (χ3n) is 6.72. The van der Waals surface area contributed by atoms with Crippen LogP contribution in [0.25, 0.3) is 32.8 Å². The van der Waals surface area contributed by atoms with E-state index in [0.29, 0.717) is 5.56 Å². The second-order valence-corrected chi connectivity index (χ2v) is 11.5. The lowest BCUT2D eigenvalue weighted by Crippen LogP contribution is -2.08. The maximum absolute atomic E-state index is 11.0. The minimum atomic E-state index is -0.833. The monoisotopic (exact) mass is 834 g/mol. The number of benzene rings is 6. The van der Waals surface area contributed by atoms with Gasteiger partial charge in [0.1, 0.15) is 12.1 Å². The van der Waals surface area contributed by atoms with Gasteiger partial charge in [-0.2, -0.15) is 9.59 Å². The lowest BCUT2D eigenvalue weighted by Gasteiger charge is -1.96. The lowest BCUT2D eigenvalue weighted by atomic mass is 10.1. The van der Waals surface area contributed by atoms with E-state index in [-0.39, 0.29) is 25.9 Å². The number of rotatable bonds is 3. The number of carbonyl (C=O) groups is 5. The lowest BCUT2D eigenvalue weighted by molar-refractivity contribution is -0.191. The zero-order chi connectivity index (χ0) is 43.7. The molecule has 324 valence electrons. The van der Waals surface area contributed by atoms with Gasteiger partial charge in [0, 0.05) is 37.6 Å². The van der Waals surface area contributed by atoms with Crippen LogP contribution in [-0.4, -0.2) is 56.1 Å². The molecule has 13 nitrogen and oxygen atoms in total. The molecule has 0 saturated carbocycles. The minimum Gasteiger partial charge on any atom is -0.481 e. The molecule has 7 rings (SSSR count). The Morgan fingerprint density at radius 1 is 0.557 bits per heavy atom. The summed E-state index contributed by atoms with van der Waals surface area (Å²) in [5.41, 5.74) is 3.81. The Balaban J connectivity index is -0.000000318. The van der Waals surface area contributed by atoms with Crippen molar-refractivity contribution in [3.63, 3.8) is 0 Å². The van der Waals surface area contributed by atoms with Crippen molar-refractivity contribution in [2.75, 3.05) is 0 Å². The Morgan fingerprint density at radius 2 is 0.803 bits per heavy atom. The Kier molecular flexibility index (Phi) is 36.0. The minimum absolute atomic E-state index is 0. The molecule has 0 saturated heterocycles. The molecule has 61 heavy (non-hydrogen) atoms. The molecule has 0 atom stereocenters. The molecule has 1 aromatic heterocycles. The number of fused-ring (bicyclic) bond motifs is 2. The number of aliphatic carboxylic acids is 2. The van der Waals surface area contributed by atoms with Crippen LogP contribution in [0, 0.1) is 13.8 Å². The first-order valence-electron chi connectivity index (χ1n) is 17.6. The van der Waals surface area contributed by atoms with E-state index in [0.717, 1.165) is 37.3 Å². The van der Waals surface area contributed by atoms with Crippen molar-refractivity contribution >= 4 is 57.5 Å². The van der Waals surface area contributed by atoms with Crippen molar-refractivity contribution in [2.24, 2.45) is 0 Å². The summed E-state index contributed by atoms with van der Waals surface area (Å²) < 4.78 is 0. The summed E-state index contributed by atoms with van der Waals surface area (Å²) in [6, 6.07) is 52.2. The van der Waals surface area contributed by atoms with Crippen LogP contribution in [0.2, 0.25) is 0 Å². The Bertz CT molecular complexity index is 2080. The number of carboxylic acid groups (broad SMARTS) is 2. The first-order chi connectivity index (χ1) is 27.7. The summed E-state index contributed by atoms with van der Waals surface area (Å²) in [4.78, 5) is 72.3. The molecule has 6 aromatic carbocycles. The molecule has 13 heteroatoms. The number of imidazole rings is 1. The number of aromatic amines is 1. The number of aromatic nitrogens is 2. The number of hydrogen-bond acceptors (Lipinski definition) is 10. The van der Waals surface area contributed by atoms with E-state index in [4.69, 9.17) is 34.2 Å². The highest BCUT2D eigenvalue weighted by Crippen LogP contribution is 2.20. The van der Waals surface area contributed by atoms with Crippen molar-refractivity contribution in [3.05, 3.63) is 175 Å². The molecule has 0 aliphatic heterocycles. The van der Waals surface area contributed by atoms with Crippen LogP contribution in [-0.2, 0) is 28.8 Å². The fourth-order valence-corrected chi connectivity index (χ4v) is 4.55. The van der Waals surface area contributed by atoms with Gasteiger partial charge in [-0.25, -0.2) is 4.98 Å². The van der Waals surface area contributed by atoms with Gasteiger partial charge in [0.2, 0.25) is 5.78 Å². The highest BCUT2D eigenvalue weighted by Gasteiger charge is 2.09. The molecule has 9 N–H and O–H groups in total. The smallest absolute Gasteiger partial charge is 0.373 e. The van der Waals surface area contributed by atoms with Gasteiger partial charge in [-0.3, -0.25) is 19.2 Å². The van der Waals surface area contributed by atoms with E-state index in [1.165, 1.54) is 41.0 Å². The quantitative estimate of drug-likeness (QED) is 0.0632. The predicted octanol–water partition coefficient (Wildman–Crippen LogP) is 10.6. The first-order valence-corrected chi connectivity index (χ1v) is 17.6. The number of carboxylic acids is 2. The number of hydrogen-bond donors (Lipinski definition) is 5. The summed E-state index contributed by atoms with van der Waals surface area (Å²) in [5, 5.41) is 20.1. The van der Waals surface area contributed by atoms with Gasteiger partial charge in [0.25, 0.3) is 11.9 Å². The number of aryl methyl sites for hydroxylation is 2. The number of Topliss-reactive ketones (excluding diaryl/α,β-unsaturated/α-hetero) is 2. The van der Waals surface area contributed by atoms with Crippen LogP contribution in [0.15, 0.2) is 158 Å². The molecule has 0 fully saturated rings. The zero-order valence-electron chi connectivity index (χ0n) is 34.7. The highest BCUT2D eigenvalue weighted by atomic mass is 16.4. The van der Waals surface area contributed by atoms with Crippen molar-refractivity contribution in [1.29, 1.82) is 0 Å². The average molecular weight is 835 g/mol. The van der Waals surface area contributed by atoms with E-state index in [1.807, 2.05) is 32.0 Å². The Hall–Kier alpha value is -7.70. The first kappa shape index (κ1) is 60.0. The van der Waals surface area contributed by atoms with Gasteiger partial charge in [-0.1, -0.05) is 165 Å². The van der Waals surface area contributed by atoms with Gasteiger partial charge in [-0.05, 0) is 42.3 Å². The van der Waals surface area contributed by atoms with E-state index in [2.05, 4.69) is 119 Å². The van der Waals surface area contributed by atoms with Crippen LogP contribution in [0.1, 0.15) is 57.0 Å². The largest absolute Gasteiger partial charge is 0.481 e. The number of nitrogens with one attached hydrogen (secondary N) is 1. The van der Waals surface area contributed by atoms with Gasteiger partial charge >= 0.3 is 6.15 Å². The van der Waals surface area contributed by atoms with E-state index in [9.17, 15) is 9.59 Å². The van der Waals surface area contributed by atoms with Crippen molar-refractivity contribution in [3.8, 4) is 11.3 Å². The van der Waals surface area contributed by atoms with E-state index < -0.39 is 23.5 Å². The summed E-state index contributed by atoms with van der Waals surface area (Å²) in [6.45, 7) is 8.90. The van der Waals surface area contributed by atoms with Crippen molar-refractivity contribution < 1.29 is 43.8 Å². The normalized spacial score (nSPS) is 8.30. The molecule has 0 bridgehead atoms. The predicted molar refractivity (Wildman–Crippen MR) is 243 cm³/mol. The Morgan fingerprint density at radius 3 is 1.03 bits per heavy atom. The fourth-order valence-electron chi connectivity index (χ4n) is 4.55. The fraction of sp³-hybridized carbons (Fsp3) is 0.146. The average Bonchev–Trinajstić information content (AvgIpc) is 3.56. The van der Waals surface area contributed by atoms with Crippen LogP contribution in [0.3, 0.4) is 0 Å². The Labute approximate surface area is 357 Å². The van der Waals surface area contributed by atoms with Crippen LogP contribution >= 0.6 is 0 Å². The number of aldehydes is 1. The molecule has 0 aliphatic rings. The maximum Gasteiger partial charge on any atom is 0.373 e.